The van der Waals surface area contributed by atoms with Crippen molar-refractivity contribution in [2.45, 2.75) is 38.5 Å². The average molecular weight is 268 g/mol. The van der Waals surface area contributed by atoms with Crippen LogP contribution in [0.3, 0.4) is 0 Å². The van der Waals surface area contributed by atoms with Crippen molar-refractivity contribution < 1.29 is 22.7 Å². The highest BCUT2D eigenvalue weighted by molar-refractivity contribution is 5.76. The number of nitrogens with one attached hydrogen (secondary N) is 1. The molecule has 1 aliphatic rings. The van der Waals surface area contributed by atoms with Crippen molar-refractivity contribution in [2.75, 3.05) is 26.3 Å². The Bertz CT molecular complexity index is 284. The van der Waals surface area contributed by atoms with Gasteiger partial charge in [-0.3, -0.25) is 9.69 Å². The first-order valence-corrected chi connectivity index (χ1v) is 5.96. The Hall–Kier alpha value is -0.820. The number of nitrogens with zero attached hydrogens (tertiary/aromatic N) is 1. The summed E-state index contributed by atoms with van der Waals surface area (Å²) in [5, 5.41) is 2.32. The summed E-state index contributed by atoms with van der Waals surface area (Å²) < 4.78 is 41.2. The van der Waals surface area contributed by atoms with E-state index in [1.54, 1.807) is 0 Å². The number of morpholine rings is 1. The molecule has 1 heterocycles. The third kappa shape index (κ3) is 5.22. The van der Waals surface area contributed by atoms with Gasteiger partial charge >= 0.3 is 6.18 Å². The molecule has 0 aromatic heterocycles. The van der Waals surface area contributed by atoms with E-state index >= 15 is 0 Å². The van der Waals surface area contributed by atoms with Crippen LogP contribution >= 0.6 is 0 Å². The number of alkyl halides is 3. The maximum atomic E-state index is 12.0. The third-order valence-corrected chi connectivity index (χ3v) is 2.94. The molecule has 0 radical (unpaired) electrons. The van der Waals surface area contributed by atoms with Crippen LogP contribution in [-0.2, 0) is 9.53 Å². The molecule has 0 bridgehead atoms. The van der Waals surface area contributed by atoms with E-state index in [0.717, 1.165) is 6.54 Å². The van der Waals surface area contributed by atoms with Gasteiger partial charge in [0.1, 0.15) is 6.42 Å². The third-order valence-electron chi connectivity index (χ3n) is 2.94. The highest BCUT2D eigenvalue weighted by atomic mass is 19.4. The first kappa shape index (κ1) is 15.2. The maximum Gasteiger partial charge on any atom is 0.397 e. The highest BCUT2D eigenvalue weighted by Gasteiger charge is 2.31. The number of ether oxygens (including phenoxy) is 1. The summed E-state index contributed by atoms with van der Waals surface area (Å²) in [5.41, 5.74) is 0. The fraction of sp³-hybridized carbons (Fsp3) is 0.909. The van der Waals surface area contributed by atoms with E-state index in [1.165, 1.54) is 0 Å². The summed E-state index contributed by atoms with van der Waals surface area (Å²) >= 11 is 0. The van der Waals surface area contributed by atoms with Crippen LogP contribution in [0.25, 0.3) is 0 Å². The van der Waals surface area contributed by atoms with E-state index in [0.29, 0.717) is 13.2 Å². The normalized spacial score (nSPS) is 23.7. The minimum atomic E-state index is -4.44. The molecule has 2 atom stereocenters. The Balaban J connectivity index is 2.31. The zero-order chi connectivity index (χ0) is 13.8. The molecule has 1 rings (SSSR count). The van der Waals surface area contributed by atoms with Gasteiger partial charge in [0.15, 0.2) is 0 Å². The minimum absolute atomic E-state index is 0.00100. The average Bonchev–Trinajstić information content (AvgIpc) is 2.24. The monoisotopic (exact) mass is 268 g/mol. The van der Waals surface area contributed by atoms with Gasteiger partial charge in [-0.15, -0.1) is 0 Å². The molecule has 1 amide bonds. The second-order valence-electron chi connectivity index (χ2n) is 4.61. The molecule has 0 aromatic carbocycles. The Morgan fingerprint density at radius 3 is 2.78 bits per heavy atom. The number of hydrogen-bond donors (Lipinski definition) is 1. The van der Waals surface area contributed by atoms with Crippen molar-refractivity contribution in [1.29, 1.82) is 0 Å². The SMILES string of the molecule is C[C@@H](CNC(=O)CC(F)(F)F)N1CCOC[C@@H]1C. The molecule has 1 saturated heterocycles. The summed E-state index contributed by atoms with van der Waals surface area (Å²) in [7, 11) is 0. The quantitative estimate of drug-likeness (QED) is 0.832. The molecule has 1 N–H and O–H groups in total. The van der Waals surface area contributed by atoms with Crippen molar-refractivity contribution in [3.63, 3.8) is 0 Å². The topological polar surface area (TPSA) is 41.6 Å². The largest absolute Gasteiger partial charge is 0.397 e. The van der Waals surface area contributed by atoms with Gasteiger partial charge in [0.2, 0.25) is 5.91 Å². The molecule has 106 valence electrons. The van der Waals surface area contributed by atoms with Gasteiger partial charge in [0.25, 0.3) is 0 Å². The number of hydrogen-bond acceptors (Lipinski definition) is 3. The van der Waals surface area contributed by atoms with Gasteiger partial charge in [-0.2, -0.15) is 13.2 Å². The first-order chi connectivity index (χ1) is 8.29. The lowest BCUT2D eigenvalue weighted by atomic mass is 10.2. The van der Waals surface area contributed by atoms with Gasteiger partial charge in [-0.05, 0) is 13.8 Å². The fourth-order valence-corrected chi connectivity index (χ4v) is 2.02. The number of carbonyl (C=O) groups excluding carboxylic acids is 1. The van der Waals surface area contributed by atoms with E-state index in [9.17, 15) is 18.0 Å². The molecule has 0 spiro atoms. The molecule has 1 aliphatic heterocycles. The van der Waals surface area contributed by atoms with Crippen molar-refractivity contribution in [2.24, 2.45) is 0 Å². The van der Waals surface area contributed by atoms with E-state index in [4.69, 9.17) is 4.74 Å². The molecule has 7 heteroatoms. The van der Waals surface area contributed by atoms with E-state index in [-0.39, 0.29) is 18.6 Å². The van der Waals surface area contributed by atoms with E-state index in [1.807, 2.05) is 13.8 Å². The van der Waals surface area contributed by atoms with Crippen LogP contribution in [0.5, 0.6) is 0 Å². The molecular weight excluding hydrogens is 249 g/mol. The number of carbonyl (C=O) groups is 1. The summed E-state index contributed by atoms with van der Waals surface area (Å²) in [6, 6.07) is 0.217. The van der Waals surface area contributed by atoms with Gasteiger partial charge in [0, 0.05) is 25.2 Å². The Morgan fingerprint density at radius 2 is 2.22 bits per heavy atom. The van der Waals surface area contributed by atoms with Crippen LogP contribution in [0, 0.1) is 0 Å². The molecule has 18 heavy (non-hydrogen) atoms. The molecule has 0 aliphatic carbocycles. The van der Waals surface area contributed by atoms with Crippen molar-refractivity contribution >= 4 is 5.91 Å². The molecule has 0 aromatic rings. The van der Waals surface area contributed by atoms with Crippen molar-refractivity contribution in [1.82, 2.24) is 10.2 Å². The Morgan fingerprint density at radius 1 is 1.56 bits per heavy atom. The standard InChI is InChI=1S/C11H19F3N2O2/c1-8(16-3-4-18-7-9(16)2)6-15-10(17)5-11(12,13)14/h8-9H,3-7H2,1-2H3,(H,15,17)/t8-,9-/m0/s1. The number of amides is 1. The zero-order valence-electron chi connectivity index (χ0n) is 10.6. The second kappa shape index (κ2) is 6.38. The summed E-state index contributed by atoms with van der Waals surface area (Å²) in [6.45, 7) is 6.06. The molecule has 0 saturated carbocycles. The van der Waals surface area contributed by atoms with Crippen LogP contribution in [0.4, 0.5) is 13.2 Å². The number of halogens is 3. The maximum absolute atomic E-state index is 12.0. The smallest absolute Gasteiger partial charge is 0.379 e. The van der Waals surface area contributed by atoms with Gasteiger partial charge in [-0.1, -0.05) is 0 Å². The Labute approximate surface area is 104 Å². The predicted molar refractivity (Wildman–Crippen MR) is 60.1 cm³/mol. The molecule has 1 fully saturated rings. The van der Waals surface area contributed by atoms with E-state index in [2.05, 4.69) is 10.2 Å². The van der Waals surface area contributed by atoms with E-state index < -0.39 is 18.5 Å². The van der Waals surface area contributed by atoms with Crippen LogP contribution < -0.4 is 5.32 Å². The van der Waals surface area contributed by atoms with Crippen LogP contribution in [0.15, 0.2) is 0 Å². The van der Waals surface area contributed by atoms with Crippen LogP contribution in [0.2, 0.25) is 0 Å². The highest BCUT2D eigenvalue weighted by Crippen LogP contribution is 2.19. The first-order valence-electron chi connectivity index (χ1n) is 5.96. The molecule has 4 nitrogen and oxygen atoms in total. The summed E-state index contributed by atoms with van der Waals surface area (Å²) in [5.74, 6) is -0.977. The second-order valence-corrected chi connectivity index (χ2v) is 4.61. The van der Waals surface area contributed by atoms with Crippen molar-refractivity contribution in [3.8, 4) is 0 Å². The predicted octanol–water partition coefficient (Wildman–Crippen LogP) is 1.16. The molecule has 0 unspecified atom stereocenters. The molecular formula is C11H19F3N2O2. The minimum Gasteiger partial charge on any atom is -0.379 e. The van der Waals surface area contributed by atoms with Crippen LogP contribution in [-0.4, -0.2) is 55.4 Å². The fourth-order valence-electron chi connectivity index (χ4n) is 2.02. The van der Waals surface area contributed by atoms with Gasteiger partial charge in [-0.25, -0.2) is 0 Å². The lowest BCUT2D eigenvalue weighted by molar-refractivity contribution is -0.154. The van der Waals surface area contributed by atoms with Crippen LogP contribution in [0.1, 0.15) is 20.3 Å². The lowest BCUT2D eigenvalue weighted by Gasteiger charge is -2.37. The number of rotatable bonds is 4. The van der Waals surface area contributed by atoms with Crippen molar-refractivity contribution in [3.05, 3.63) is 0 Å². The summed E-state index contributed by atoms with van der Waals surface area (Å²) in [6.07, 6.45) is -5.86. The van der Waals surface area contributed by atoms with Gasteiger partial charge in [0.05, 0.1) is 13.2 Å². The Kier molecular flexibility index (Phi) is 5.40. The lowest BCUT2D eigenvalue weighted by Crippen LogP contribution is -2.52. The zero-order valence-corrected chi connectivity index (χ0v) is 10.6. The summed E-state index contributed by atoms with van der Waals surface area (Å²) in [4.78, 5) is 13.2. The van der Waals surface area contributed by atoms with Gasteiger partial charge < -0.3 is 10.1 Å².